The van der Waals surface area contributed by atoms with Crippen LogP contribution in [0.15, 0.2) is 12.5 Å². The van der Waals surface area contributed by atoms with Crippen LogP contribution in [0.25, 0.3) is 0 Å². The van der Waals surface area contributed by atoms with Crippen molar-refractivity contribution in [3.8, 4) is 0 Å². The molecule has 0 saturated heterocycles. The number of nitrogens with zero attached hydrogens (tertiary/aromatic N) is 3. The zero-order valence-electron chi connectivity index (χ0n) is 13.0. The van der Waals surface area contributed by atoms with Crippen molar-refractivity contribution in [3.63, 3.8) is 0 Å². The van der Waals surface area contributed by atoms with E-state index in [2.05, 4.69) is 47.5 Å². The number of imidazole rings is 1. The van der Waals surface area contributed by atoms with Crippen LogP contribution in [-0.4, -0.2) is 40.6 Å². The summed E-state index contributed by atoms with van der Waals surface area (Å²) in [6.07, 6.45) is 6.41. The molecule has 4 nitrogen and oxygen atoms in total. The molecule has 1 unspecified atom stereocenters. The molecule has 0 aliphatic heterocycles. The fourth-order valence-corrected chi connectivity index (χ4v) is 2.41. The molecule has 1 aromatic rings. The molecule has 19 heavy (non-hydrogen) atoms. The number of nitrogens with one attached hydrogen (secondary N) is 1. The summed E-state index contributed by atoms with van der Waals surface area (Å²) >= 11 is 0. The molecule has 0 radical (unpaired) electrons. The van der Waals surface area contributed by atoms with Gasteiger partial charge in [0.2, 0.25) is 0 Å². The molecule has 1 N–H and O–H groups in total. The summed E-state index contributed by atoms with van der Waals surface area (Å²) in [6.45, 7) is 14.3. The Labute approximate surface area is 118 Å². The highest BCUT2D eigenvalue weighted by molar-refractivity contribution is 4.99. The molecule has 0 aromatic carbocycles. The van der Waals surface area contributed by atoms with Crippen molar-refractivity contribution in [2.75, 3.05) is 26.2 Å². The first kappa shape index (κ1) is 16.2. The molecule has 0 saturated carbocycles. The lowest BCUT2D eigenvalue weighted by Gasteiger charge is -2.21. The summed E-state index contributed by atoms with van der Waals surface area (Å²) in [5.41, 5.74) is 1.29. The van der Waals surface area contributed by atoms with Gasteiger partial charge < -0.3 is 14.8 Å². The highest BCUT2D eigenvalue weighted by Crippen LogP contribution is 2.16. The van der Waals surface area contributed by atoms with Crippen molar-refractivity contribution < 1.29 is 0 Å². The van der Waals surface area contributed by atoms with Crippen LogP contribution in [0.5, 0.6) is 0 Å². The molecule has 1 aromatic heterocycles. The van der Waals surface area contributed by atoms with E-state index in [0.29, 0.717) is 6.04 Å². The average Bonchev–Trinajstić information content (AvgIpc) is 2.89. The normalized spacial score (nSPS) is 13.1. The summed E-state index contributed by atoms with van der Waals surface area (Å²) < 4.78 is 2.31. The Morgan fingerprint density at radius 3 is 2.68 bits per heavy atom. The smallest absolute Gasteiger partial charge is 0.0951 e. The molecule has 1 heterocycles. The van der Waals surface area contributed by atoms with Crippen LogP contribution in [0, 0.1) is 0 Å². The van der Waals surface area contributed by atoms with Crippen LogP contribution in [0.3, 0.4) is 0 Å². The highest BCUT2D eigenvalue weighted by Gasteiger charge is 2.09. The van der Waals surface area contributed by atoms with E-state index in [0.717, 1.165) is 26.2 Å². The number of hydrogen-bond donors (Lipinski definition) is 1. The van der Waals surface area contributed by atoms with Gasteiger partial charge in [0.15, 0.2) is 0 Å². The Hall–Kier alpha value is -0.870. The zero-order chi connectivity index (χ0) is 14.1. The molecule has 0 bridgehead atoms. The van der Waals surface area contributed by atoms with Crippen molar-refractivity contribution in [1.29, 1.82) is 0 Å². The van der Waals surface area contributed by atoms with E-state index in [4.69, 9.17) is 0 Å². The van der Waals surface area contributed by atoms with Gasteiger partial charge in [-0.2, -0.15) is 0 Å². The second-order valence-electron chi connectivity index (χ2n) is 5.09. The van der Waals surface area contributed by atoms with E-state index in [1.807, 2.05) is 12.5 Å². The summed E-state index contributed by atoms with van der Waals surface area (Å²) in [5, 5.41) is 3.37. The van der Waals surface area contributed by atoms with Crippen molar-refractivity contribution >= 4 is 0 Å². The van der Waals surface area contributed by atoms with Crippen LogP contribution in [0.2, 0.25) is 0 Å². The van der Waals surface area contributed by atoms with E-state index >= 15 is 0 Å². The first-order valence-electron chi connectivity index (χ1n) is 7.66. The predicted molar refractivity (Wildman–Crippen MR) is 81.3 cm³/mol. The average molecular weight is 266 g/mol. The number of rotatable bonds is 10. The fraction of sp³-hybridized carbons (Fsp3) is 0.800. The predicted octanol–water partition coefficient (Wildman–Crippen LogP) is 2.68. The number of aromatic nitrogens is 2. The summed E-state index contributed by atoms with van der Waals surface area (Å²) in [5.74, 6) is 0. The van der Waals surface area contributed by atoms with Crippen LogP contribution in [0.4, 0.5) is 0 Å². The monoisotopic (exact) mass is 266 g/mol. The zero-order valence-corrected chi connectivity index (χ0v) is 13.0. The van der Waals surface area contributed by atoms with Gasteiger partial charge in [-0.15, -0.1) is 0 Å². The Morgan fingerprint density at radius 1 is 1.32 bits per heavy atom. The molecular formula is C15H30N4. The van der Waals surface area contributed by atoms with Crippen molar-refractivity contribution in [3.05, 3.63) is 18.2 Å². The van der Waals surface area contributed by atoms with E-state index in [-0.39, 0.29) is 0 Å². The Kier molecular flexibility index (Phi) is 7.75. The molecule has 4 heteroatoms. The molecule has 0 amide bonds. The van der Waals surface area contributed by atoms with E-state index in [9.17, 15) is 0 Å². The van der Waals surface area contributed by atoms with Gasteiger partial charge in [-0.1, -0.05) is 20.8 Å². The minimum atomic E-state index is 0.534. The highest BCUT2D eigenvalue weighted by atomic mass is 15.1. The Bertz CT molecular complexity index is 331. The van der Waals surface area contributed by atoms with Crippen LogP contribution in [-0.2, 0) is 6.54 Å². The van der Waals surface area contributed by atoms with Crippen LogP contribution >= 0.6 is 0 Å². The third kappa shape index (κ3) is 5.33. The van der Waals surface area contributed by atoms with Gasteiger partial charge in [-0.05, 0) is 45.9 Å². The third-order valence-corrected chi connectivity index (χ3v) is 3.77. The van der Waals surface area contributed by atoms with Crippen LogP contribution < -0.4 is 5.32 Å². The maximum Gasteiger partial charge on any atom is 0.0951 e. The maximum atomic E-state index is 4.28. The first-order valence-corrected chi connectivity index (χ1v) is 7.66. The molecule has 1 rings (SSSR count). The quantitative estimate of drug-likeness (QED) is 0.707. The van der Waals surface area contributed by atoms with Gasteiger partial charge in [0, 0.05) is 18.8 Å². The van der Waals surface area contributed by atoms with Gasteiger partial charge in [-0.3, -0.25) is 0 Å². The topological polar surface area (TPSA) is 33.1 Å². The number of hydrogen-bond acceptors (Lipinski definition) is 3. The summed E-state index contributed by atoms with van der Waals surface area (Å²) in [6, 6.07) is 0.534. The van der Waals surface area contributed by atoms with Crippen LogP contribution in [0.1, 0.15) is 52.3 Å². The molecule has 0 aliphatic carbocycles. The van der Waals surface area contributed by atoms with Gasteiger partial charge in [0.25, 0.3) is 0 Å². The second kappa shape index (κ2) is 9.10. The maximum absolute atomic E-state index is 4.28. The molecule has 1 atom stereocenters. The van der Waals surface area contributed by atoms with Gasteiger partial charge >= 0.3 is 0 Å². The van der Waals surface area contributed by atoms with Crippen molar-refractivity contribution in [2.45, 2.75) is 53.1 Å². The second-order valence-corrected chi connectivity index (χ2v) is 5.09. The van der Waals surface area contributed by atoms with E-state index in [1.54, 1.807) is 0 Å². The van der Waals surface area contributed by atoms with Crippen molar-refractivity contribution in [1.82, 2.24) is 19.8 Å². The van der Waals surface area contributed by atoms with Crippen molar-refractivity contribution in [2.24, 2.45) is 0 Å². The largest absolute Gasteiger partial charge is 0.331 e. The first-order chi connectivity index (χ1) is 9.22. The van der Waals surface area contributed by atoms with Gasteiger partial charge in [-0.25, -0.2) is 4.98 Å². The summed E-state index contributed by atoms with van der Waals surface area (Å²) in [4.78, 5) is 6.77. The minimum absolute atomic E-state index is 0.534. The summed E-state index contributed by atoms with van der Waals surface area (Å²) in [7, 11) is 0. The molecule has 0 aliphatic rings. The Morgan fingerprint density at radius 2 is 2.05 bits per heavy atom. The molecule has 110 valence electrons. The lowest BCUT2D eigenvalue weighted by molar-refractivity contribution is 0.287. The van der Waals surface area contributed by atoms with E-state index < -0.39 is 0 Å². The molecule has 0 fully saturated rings. The lowest BCUT2D eigenvalue weighted by atomic mass is 10.1. The van der Waals surface area contributed by atoms with E-state index in [1.165, 1.54) is 25.1 Å². The standard InChI is InChI=1S/C15H30N4/c1-5-16-11-15-12-17-13-19(15)14(4)9-8-10-18(6-2)7-3/h12-14,16H,5-11H2,1-4H3. The molecular weight excluding hydrogens is 236 g/mol. The third-order valence-electron chi connectivity index (χ3n) is 3.77. The SMILES string of the molecule is CCNCc1cncn1C(C)CCCN(CC)CC. The Balaban J connectivity index is 2.40. The fourth-order valence-electron chi connectivity index (χ4n) is 2.41. The molecule has 0 spiro atoms. The lowest BCUT2D eigenvalue weighted by Crippen LogP contribution is -2.24. The minimum Gasteiger partial charge on any atom is -0.331 e. The van der Waals surface area contributed by atoms with Gasteiger partial charge in [0.1, 0.15) is 0 Å². The van der Waals surface area contributed by atoms with Gasteiger partial charge in [0.05, 0.1) is 12.0 Å².